The van der Waals surface area contributed by atoms with Crippen LogP contribution in [-0.2, 0) is 30.0 Å². The SMILES string of the molecule is COC1CCC(N)CC1C(=O)NCCCNC(=O)CCOC1CCC2C3CCc4cc(OP(=O)(O)O)ccc4C3CCC12C. The number of carbonyl (C=O) groups excluding carboxylic acids is 2. The van der Waals surface area contributed by atoms with Crippen molar-refractivity contribution in [3.05, 3.63) is 29.3 Å². The Hall–Kier alpha value is -2.01. The Morgan fingerprint density at radius 3 is 2.66 bits per heavy atom. The molecule has 1 aromatic carbocycles. The number of hydrogen-bond donors (Lipinski definition) is 5. The molecule has 0 aliphatic heterocycles. The fraction of sp³-hybridized carbons (Fsp3) is 0.750. The van der Waals surface area contributed by atoms with Gasteiger partial charge in [0, 0.05) is 32.7 Å². The summed E-state index contributed by atoms with van der Waals surface area (Å²) in [6.07, 6.45) is 9.49. The lowest BCUT2D eigenvalue weighted by atomic mass is 9.55. The third-order valence-electron chi connectivity index (χ3n) is 10.9. The second-order valence-corrected chi connectivity index (χ2v) is 14.7. The number of rotatable bonds is 12. The van der Waals surface area contributed by atoms with E-state index in [4.69, 9.17) is 19.7 Å². The van der Waals surface area contributed by atoms with Gasteiger partial charge in [-0.05, 0) is 111 Å². The fourth-order valence-electron chi connectivity index (χ4n) is 8.75. The van der Waals surface area contributed by atoms with E-state index in [2.05, 4.69) is 17.6 Å². The van der Waals surface area contributed by atoms with Gasteiger partial charge in [-0.25, -0.2) is 4.57 Å². The molecule has 3 saturated carbocycles. The van der Waals surface area contributed by atoms with Crippen LogP contribution < -0.4 is 20.9 Å². The largest absolute Gasteiger partial charge is 0.524 e. The molecule has 0 radical (unpaired) electrons. The Morgan fingerprint density at radius 2 is 1.89 bits per heavy atom. The van der Waals surface area contributed by atoms with Crippen LogP contribution in [0.3, 0.4) is 0 Å². The molecule has 2 amide bonds. The average Bonchev–Trinajstić information content (AvgIpc) is 3.31. The van der Waals surface area contributed by atoms with Crippen molar-refractivity contribution in [2.24, 2.45) is 28.9 Å². The Kier molecular flexibility index (Phi) is 10.8. The number of methoxy groups -OCH3 is 1. The van der Waals surface area contributed by atoms with Crippen molar-refractivity contribution >= 4 is 19.6 Å². The van der Waals surface area contributed by atoms with Gasteiger partial charge in [0.25, 0.3) is 0 Å². The maximum atomic E-state index is 12.6. The van der Waals surface area contributed by atoms with Crippen molar-refractivity contribution in [3.63, 3.8) is 0 Å². The molecule has 6 N–H and O–H groups in total. The maximum Gasteiger partial charge on any atom is 0.524 e. The minimum absolute atomic E-state index is 0.0246. The highest BCUT2D eigenvalue weighted by Crippen LogP contribution is 2.61. The predicted molar refractivity (Wildman–Crippen MR) is 165 cm³/mol. The molecule has 0 bridgehead atoms. The Bertz CT molecular complexity index is 1230. The van der Waals surface area contributed by atoms with Gasteiger partial charge in [-0.15, -0.1) is 0 Å². The van der Waals surface area contributed by atoms with Gasteiger partial charge in [-0.2, -0.15) is 0 Å². The molecule has 0 aromatic heterocycles. The van der Waals surface area contributed by atoms with E-state index in [1.165, 1.54) is 5.56 Å². The lowest BCUT2D eigenvalue weighted by Crippen LogP contribution is -2.46. The number of benzene rings is 1. The van der Waals surface area contributed by atoms with E-state index in [-0.39, 0.29) is 47.1 Å². The van der Waals surface area contributed by atoms with Crippen molar-refractivity contribution in [2.45, 2.75) is 102 Å². The van der Waals surface area contributed by atoms with Crippen LogP contribution in [0, 0.1) is 23.2 Å². The number of nitrogens with two attached hydrogens (primary N) is 1. The minimum atomic E-state index is -4.58. The standard InChI is InChI=1S/C32H50N3O8P/c1-32-14-12-24-23-8-6-22(43-44(38,39)40)18-20(23)4-7-25(24)27(32)9-11-29(32)42-17-13-30(36)34-15-3-16-35-31(37)26-19-21(33)5-10-28(26)41-2/h6,8,18,21,24-29H,3-5,7,9-17,19,33H2,1-2H3,(H,34,36)(H,35,37)(H2,38,39,40). The Morgan fingerprint density at radius 1 is 1.09 bits per heavy atom. The number of phosphoric acid groups is 1. The zero-order valence-corrected chi connectivity index (χ0v) is 26.9. The number of fused-ring (bicyclic) bond motifs is 5. The van der Waals surface area contributed by atoms with Gasteiger partial charge < -0.3 is 30.4 Å². The van der Waals surface area contributed by atoms with Gasteiger partial charge in [-0.1, -0.05) is 13.0 Å². The molecule has 0 heterocycles. The number of nitrogens with one attached hydrogen (secondary N) is 2. The quantitative estimate of drug-likeness (QED) is 0.170. The smallest absolute Gasteiger partial charge is 0.404 e. The molecule has 8 atom stereocenters. The second kappa shape index (κ2) is 14.2. The first kappa shape index (κ1) is 33.4. The lowest BCUT2D eigenvalue weighted by Gasteiger charge is -2.50. The molecule has 12 heteroatoms. The van der Waals surface area contributed by atoms with Crippen LogP contribution in [0.1, 0.15) is 88.2 Å². The van der Waals surface area contributed by atoms with E-state index in [0.717, 1.165) is 56.9 Å². The molecule has 4 aliphatic carbocycles. The highest BCUT2D eigenvalue weighted by molar-refractivity contribution is 7.46. The average molecular weight is 636 g/mol. The molecule has 1 aromatic rings. The van der Waals surface area contributed by atoms with Crippen LogP contribution in [0.25, 0.3) is 0 Å². The summed E-state index contributed by atoms with van der Waals surface area (Å²) in [7, 11) is -2.94. The third kappa shape index (κ3) is 7.68. The number of phosphoric ester groups is 1. The van der Waals surface area contributed by atoms with E-state index >= 15 is 0 Å². The number of ether oxygens (including phenoxy) is 2. The highest BCUT2D eigenvalue weighted by atomic mass is 31.2. The van der Waals surface area contributed by atoms with E-state index in [1.807, 2.05) is 6.07 Å². The Balaban J connectivity index is 1.02. The van der Waals surface area contributed by atoms with Crippen molar-refractivity contribution in [3.8, 4) is 5.75 Å². The molecule has 8 unspecified atom stereocenters. The first-order valence-electron chi connectivity index (χ1n) is 16.3. The van der Waals surface area contributed by atoms with Crippen LogP contribution >= 0.6 is 7.82 Å². The van der Waals surface area contributed by atoms with Gasteiger partial charge >= 0.3 is 7.82 Å². The molecule has 5 rings (SSSR count). The highest BCUT2D eigenvalue weighted by Gasteiger charge is 2.55. The second-order valence-electron chi connectivity index (χ2n) is 13.5. The molecular formula is C32H50N3O8P. The molecule has 3 fully saturated rings. The van der Waals surface area contributed by atoms with Crippen molar-refractivity contribution < 1.29 is 37.9 Å². The van der Waals surface area contributed by atoms with E-state index in [1.54, 1.807) is 19.2 Å². The van der Waals surface area contributed by atoms with Crippen LogP contribution in [0.15, 0.2) is 18.2 Å². The molecule has 44 heavy (non-hydrogen) atoms. The minimum Gasteiger partial charge on any atom is -0.404 e. The summed E-state index contributed by atoms with van der Waals surface area (Å²) in [6.45, 7) is 3.75. The predicted octanol–water partition coefficient (Wildman–Crippen LogP) is 3.55. The summed E-state index contributed by atoms with van der Waals surface area (Å²) in [5.41, 5.74) is 8.56. The molecular weight excluding hydrogens is 585 g/mol. The van der Waals surface area contributed by atoms with Gasteiger partial charge in [0.05, 0.1) is 24.7 Å². The van der Waals surface area contributed by atoms with E-state index < -0.39 is 7.82 Å². The number of amides is 2. The van der Waals surface area contributed by atoms with E-state index in [9.17, 15) is 23.9 Å². The fourth-order valence-corrected chi connectivity index (χ4v) is 9.14. The topological polar surface area (TPSA) is 169 Å². The van der Waals surface area contributed by atoms with Crippen LogP contribution in [0.5, 0.6) is 5.75 Å². The van der Waals surface area contributed by atoms with Crippen LogP contribution in [0.2, 0.25) is 0 Å². The summed E-state index contributed by atoms with van der Waals surface area (Å²) in [6, 6.07) is 5.51. The molecule has 4 aliphatic rings. The third-order valence-corrected chi connectivity index (χ3v) is 11.4. The van der Waals surface area contributed by atoms with Crippen molar-refractivity contribution in [2.75, 3.05) is 26.8 Å². The first-order valence-corrected chi connectivity index (χ1v) is 17.8. The van der Waals surface area contributed by atoms with Gasteiger partial charge in [0.15, 0.2) is 0 Å². The number of hydrogen-bond acceptors (Lipinski definition) is 7. The van der Waals surface area contributed by atoms with Crippen molar-refractivity contribution in [1.82, 2.24) is 10.6 Å². The zero-order chi connectivity index (χ0) is 31.5. The Labute approximate surface area is 260 Å². The van der Waals surface area contributed by atoms with E-state index in [0.29, 0.717) is 56.7 Å². The van der Waals surface area contributed by atoms with Crippen molar-refractivity contribution in [1.29, 1.82) is 0 Å². The summed E-state index contributed by atoms with van der Waals surface area (Å²) in [5.74, 6) is 1.49. The number of aryl methyl sites for hydroxylation is 1. The summed E-state index contributed by atoms with van der Waals surface area (Å²) < 4.78 is 28.0. The normalized spacial score (nSPS) is 33.1. The molecule has 0 saturated heterocycles. The molecule has 0 spiro atoms. The maximum absolute atomic E-state index is 12.6. The first-order chi connectivity index (χ1) is 21.0. The van der Waals surface area contributed by atoms with Crippen LogP contribution in [-0.4, -0.2) is 66.7 Å². The lowest BCUT2D eigenvalue weighted by molar-refractivity contribution is -0.131. The van der Waals surface area contributed by atoms with Gasteiger partial charge in [0.2, 0.25) is 11.8 Å². The number of carbonyl (C=O) groups is 2. The van der Waals surface area contributed by atoms with Gasteiger partial charge in [-0.3, -0.25) is 19.4 Å². The summed E-state index contributed by atoms with van der Waals surface area (Å²) >= 11 is 0. The van der Waals surface area contributed by atoms with Crippen LogP contribution in [0.4, 0.5) is 0 Å². The van der Waals surface area contributed by atoms with Gasteiger partial charge in [0.1, 0.15) is 5.75 Å². The summed E-state index contributed by atoms with van der Waals surface area (Å²) in [4.78, 5) is 43.5. The molecule has 11 nitrogen and oxygen atoms in total. The molecule has 246 valence electrons. The monoisotopic (exact) mass is 635 g/mol. The zero-order valence-electron chi connectivity index (χ0n) is 26.0. The summed E-state index contributed by atoms with van der Waals surface area (Å²) in [5, 5.41) is 5.92.